The van der Waals surface area contributed by atoms with Crippen molar-refractivity contribution in [1.82, 2.24) is 25.6 Å². The van der Waals surface area contributed by atoms with Crippen LogP contribution in [0.2, 0.25) is 0 Å². The summed E-state index contributed by atoms with van der Waals surface area (Å²) in [5, 5.41) is 15.8. The number of piperidine rings is 1. The molecule has 0 radical (unpaired) electrons. The van der Waals surface area contributed by atoms with Crippen LogP contribution in [0.3, 0.4) is 0 Å². The molecule has 0 saturated carbocycles. The fourth-order valence-electron chi connectivity index (χ4n) is 5.36. The number of amides is 3. The number of aromatic amines is 1. The number of ether oxygens (including phenoxy) is 1. The Morgan fingerprint density at radius 3 is 2.52 bits per heavy atom. The fourth-order valence-corrected chi connectivity index (χ4v) is 5.56. The summed E-state index contributed by atoms with van der Waals surface area (Å²) < 4.78 is 6.12. The molecule has 1 saturated heterocycles. The van der Waals surface area contributed by atoms with Gasteiger partial charge in [-0.15, -0.1) is 0 Å². The zero-order valence-electron chi connectivity index (χ0n) is 26.9. The van der Waals surface area contributed by atoms with E-state index in [1.54, 1.807) is 18.2 Å². The molecular formula is C34H38ClN7O6. The Labute approximate surface area is 282 Å². The Bertz CT molecular complexity index is 1840. The number of H-pyrrole nitrogens is 1. The smallest absolute Gasteiger partial charge is 0.407 e. The van der Waals surface area contributed by atoms with Crippen molar-refractivity contribution in [2.24, 2.45) is 0 Å². The predicted molar refractivity (Wildman–Crippen MR) is 182 cm³/mol. The van der Waals surface area contributed by atoms with Crippen LogP contribution in [0, 0.1) is 0 Å². The zero-order chi connectivity index (χ0) is 34.4. The van der Waals surface area contributed by atoms with Gasteiger partial charge in [-0.05, 0) is 69.9 Å². The Morgan fingerprint density at radius 2 is 1.83 bits per heavy atom. The van der Waals surface area contributed by atoms with Crippen molar-refractivity contribution in [3.05, 3.63) is 93.9 Å². The summed E-state index contributed by atoms with van der Waals surface area (Å²) in [6.45, 7) is 6.48. The first-order valence-electron chi connectivity index (χ1n) is 15.6. The minimum absolute atomic E-state index is 0.0454. The van der Waals surface area contributed by atoms with Gasteiger partial charge >= 0.3 is 6.09 Å². The van der Waals surface area contributed by atoms with Gasteiger partial charge in [-0.3, -0.25) is 14.4 Å². The van der Waals surface area contributed by atoms with Gasteiger partial charge in [0.25, 0.3) is 17.4 Å². The third kappa shape index (κ3) is 8.47. The molecule has 1 fully saturated rings. The van der Waals surface area contributed by atoms with Gasteiger partial charge in [0.1, 0.15) is 16.8 Å². The van der Waals surface area contributed by atoms with Crippen LogP contribution >= 0.6 is 11.8 Å². The van der Waals surface area contributed by atoms with Crippen molar-refractivity contribution >= 4 is 52.4 Å². The van der Waals surface area contributed by atoms with E-state index in [0.717, 1.165) is 9.98 Å². The molecule has 14 heteroatoms. The number of hydrogen-bond acceptors (Lipinski definition) is 9. The number of aliphatic hydroxyl groups excluding tert-OH is 1. The summed E-state index contributed by atoms with van der Waals surface area (Å²) in [7, 11) is 0. The lowest BCUT2D eigenvalue weighted by Gasteiger charge is -2.32. The Kier molecular flexibility index (Phi) is 10.6. The number of halogens is 1. The molecule has 0 aliphatic carbocycles. The molecule has 3 amide bonds. The average Bonchev–Trinajstić information content (AvgIpc) is 3.06. The Hall–Kier alpha value is -5.01. The third-order valence-electron chi connectivity index (χ3n) is 7.75. The minimum atomic E-state index is -0.802. The number of alkyl carbamates (subject to hydrolysis) is 1. The van der Waals surface area contributed by atoms with E-state index in [4.69, 9.17) is 16.5 Å². The molecule has 3 heterocycles. The number of pyridine rings is 1. The number of carbonyl (C=O) groups excluding carboxylic acids is 3. The molecule has 1 unspecified atom stereocenters. The van der Waals surface area contributed by atoms with Crippen LogP contribution in [-0.4, -0.2) is 69.3 Å². The topological polar surface area (TPSA) is 170 Å². The quantitative estimate of drug-likeness (QED) is 0.187. The number of aromatic nitrogens is 3. The highest BCUT2D eigenvalue weighted by molar-refractivity contribution is 6.39. The number of benzene rings is 2. The van der Waals surface area contributed by atoms with Crippen LogP contribution in [0.1, 0.15) is 72.4 Å². The van der Waals surface area contributed by atoms with Crippen LogP contribution in [0.4, 0.5) is 16.4 Å². The van der Waals surface area contributed by atoms with Crippen LogP contribution in [0.15, 0.2) is 71.7 Å². The highest BCUT2D eigenvalue weighted by atomic mass is 35.5. The molecule has 0 bridgehead atoms. The summed E-state index contributed by atoms with van der Waals surface area (Å²) in [4.78, 5) is 65.3. The first-order chi connectivity index (χ1) is 22.9. The highest BCUT2D eigenvalue weighted by Crippen LogP contribution is 2.24. The van der Waals surface area contributed by atoms with Crippen LogP contribution in [0.5, 0.6) is 0 Å². The molecule has 48 heavy (non-hydrogen) atoms. The maximum atomic E-state index is 13.4. The van der Waals surface area contributed by atoms with Gasteiger partial charge in [-0.2, -0.15) is 4.98 Å². The lowest BCUT2D eigenvalue weighted by atomic mass is 10.0. The van der Waals surface area contributed by atoms with Crippen molar-refractivity contribution < 1.29 is 24.2 Å². The number of fused-ring (bicyclic) bond motifs is 1. The summed E-state index contributed by atoms with van der Waals surface area (Å²) in [6.07, 6.45) is 2.71. The summed E-state index contributed by atoms with van der Waals surface area (Å²) in [6, 6.07) is 16.3. The van der Waals surface area contributed by atoms with Crippen molar-refractivity contribution in [2.45, 2.75) is 57.7 Å². The van der Waals surface area contributed by atoms with E-state index >= 15 is 0 Å². The summed E-state index contributed by atoms with van der Waals surface area (Å²) in [5.41, 5.74) is 0.0214. The molecule has 1 aliphatic rings. The normalized spacial score (nSPS) is 14.3. The molecule has 1 aliphatic heterocycles. The van der Waals surface area contributed by atoms with Gasteiger partial charge < -0.3 is 30.4 Å². The number of hydrogen-bond donors (Lipinski definition) is 4. The monoisotopic (exact) mass is 675 g/mol. The van der Waals surface area contributed by atoms with Gasteiger partial charge in [-0.25, -0.2) is 14.2 Å². The van der Waals surface area contributed by atoms with Crippen LogP contribution in [0.25, 0.3) is 11.0 Å². The molecule has 4 aromatic rings. The standard InChI is InChI=1S/C34H38ClN7O6/c1-34(2,3)48-33(47)37-24-12-15-41(16-13-24)32-36-20-23-19-26(30(45)39-28(23)40-32)31(46)42(35)25-11-7-10-22(18-25)29(44)38-27(14-17-43)21-8-5-4-6-9-21/h4-11,18-20,24,27,43H,12-17H2,1-3H3,(H,37,47)(H,38,44)(H,36,39,40,45). The third-order valence-corrected chi connectivity index (χ3v) is 8.10. The fraction of sp³-hybridized carbons (Fsp3) is 0.353. The SMILES string of the molecule is CC(C)(C)OC(=O)NC1CCN(c2ncc3cc(C(=O)N(Cl)c4cccc(C(=O)NC(CCO)c5ccccc5)c4)c(=O)[nH]c3n2)CC1. The van der Waals surface area contributed by atoms with Crippen LogP contribution < -0.4 is 25.5 Å². The zero-order valence-corrected chi connectivity index (χ0v) is 27.7. The second-order valence-corrected chi connectivity index (χ2v) is 12.8. The largest absolute Gasteiger partial charge is 0.444 e. The lowest BCUT2D eigenvalue weighted by Crippen LogP contribution is -2.46. The number of aliphatic hydroxyl groups is 1. The van der Waals surface area contributed by atoms with E-state index in [2.05, 4.69) is 25.6 Å². The van der Waals surface area contributed by atoms with E-state index in [-0.39, 0.29) is 35.1 Å². The summed E-state index contributed by atoms with van der Waals surface area (Å²) in [5.74, 6) is -0.810. The second-order valence-electron chi connectivity index (χ2n) is 12.5. The highest BCUT2D eigenvalue weighted by Gasteiger charge is 2.26. The van der Waals surface area contributed by atoms with E-state index in [1.165, 1.54) is 18.3 Å². The maximum absolute atomic E-state index is 13.4. The molecule has 2 aromatic carbocycles. The Balaban J connectivity index is 1.26. The van der Waals surface area contributed by atoms with Gasteiger partial charge in [-0.1, -0.05) is 36.4 Å². The van der Waals surface area contributed by atoms with Crippen molar-refractivity contribution in [2.75, 3.05) is 29.0 Å². The molecule has 0 spiro atoms. The van der Waals surface area contributed by atoms with Crippen molar-refractivity contribution in [3.63, 3.8) is 0 Å². The van der Waals surface area contributed by atoms with Crippen molar-refractivity contribution in [1.29, 1.82) is 0 Å². The van der Waals surface area contributed by atoms with Crippen LogP contribution in [-0.2, 0) is 4.74 Å². The number of rotatable bonds is 9. The van der Waals surface area contributed by atoms with Gasteiger partial charge in [0.05, 0.1) is 11.7 Å². The number of nitrogens with one attached hydrogen (secondary N) is 3. The minimum Gasteiger partial charge on any atom is -0.444 e. The molecule has 1 atom stereocenters. The van der Waals surface area contributed by atoms with E-state index in [0.29, 0.717) is 43.7 Å². The summed E-state index contributed by atoms with van der Waals surface area (Å²) >= 11 is 6.44. The van der Waals surface area contributed by atoms with Gasteiger partial charge in [0, 0.05) is 54.7 Å². The Morgan fingerprint density at radius 1 is 1.10 bits per heavy atom. The first kappa shape index (κ1) is 34.3. The molecule has 5 rings (SSSR count). The van der Waals surface area contributed by atoms with Gasteiger partial charge in [0.2, 0.25) is 5.95 Å². The average molecular weight is 676 g/mol. The molecule has 252 valence electrons. The number of nitrogens with zero attached hydrogens (tertiary/aromatic N) is 4. The molecular weight excluding hydrogens is 638 g/mol. The number of carbonyl (C=O) groups is 3. The van der Waals surface area contributed by atoms with E-state index in [1.807, 2.05) is 56.0 Å². The van der Waals surface area contributed by atoms with Crippen molar-refractivity contribution in [3.8, 4) is 0 Å². The predicted octanol–water partition coefficient (Wildman–Crippen LogP) is 4.47. The van der Waals surface area contributed by atoms with E-state index in [9.17, 15) is 24.3 Å². The molecule has 13 nitrogen and oxygen atoms in total. The van der Waals surface area contributed by atoms with Gasteiger partial charge in [0.15, 0.2) is 0 Å². The van der Waals surface area contributed by atoms with E-state index < -0.39 is 35.1 Å². The maximum Gasteiger partial charge on any atom is 0.407 e. The lowest BCUT2D eigenvalue weighted by molar-refractivity contribution is 0.0496. The molecule has 4 N–H and O–H groups in total. The molecule has 2 aromatic heterocycles. The first-order valence-corrected chi connectivity index (χ1v) is 16.0. The second kappa shape index (κ2) is 14.8. The number of anilines is 2.